The van der Waals surface area contributed by atoms with E-state index in [1.54, 1.807) is 0 Å². The van der Waals surface area contributed by atoms with Gasteiger partial charge >= 0.3 is 11.9 Å². The molecule has 0 aromatic rings. The van der Waals surface area contributed by atoms with Crippen LogP contribution in [0.2, 0.25) is 0 Å². The Kier molecular flexibility index (Phi) is 8.58. The highest BCUT2D eigenvalue weighted by atomic mass is 16.5. The van der Waals surface area contributed by atoms with E-state index < -0.39 is 17.9 Å². The summed E-state index contributed by atoms with van der Waals surface area (Å²) in [5.74, 6) is -1.69. The molecule has 0 N–H and O–H groups in total. The summed E-state index contributed by atoms with van der Waals surface area (Å²) in [6.07, 6.45) is 4.06. The number of ether oxygens (including phenoxy) is 2. The van der Waals surface area contributed by atoms with Gasteiger partial charge in [0, 0.05) is 0 Å². The standard InChI is InChI=1S/C12H22O4/c1-4-6-8-10(11(13)15-3)12(14)16-9-7-5-2/h10H,4-9H2,1-3H3. The number of carbonyl (C=O) groups is 2. The topological polar surface area (TPSA) is 52.6 Å². The summed E-state index contributed by atoms with van der Waals surface area (Å²) in [6.45, 7) is 4.41. The summed E-state index contributed by atoms with van der Waals surface area (Å²) >= 11 is 0. The molecule has 4 nitrogen and oxygen atoms in total. The van der Waals surface area contributed by atoms with Crippen LogP contribution in [-0.2, 0) is 19.1 Å². The van der Waals surface area contributed by atoms with Gasteiger partial charge in [-0.25, -0.2) is 0 Å². The maximum absolute atomic E-state index is 11.6. The van der Waals surface area contributed by atoms with E-state index in [2.05, 4.69) is 4.74 Å². The van der Waals surface area contributed by atoms with Crippen molar-refractivity contribution >= 4 is 11.9 Å². The largest absolute Gasteiger partial charge is 0.468 e. The smallest absolute Gasteiger partial charge is 0.320 e. The maximum Gasteiger partial charge on any atom is 0.320 e. The summed E-state index contributed by atoms with van der Waals surface area (Å²) < 4.78 is 9.62. The highest BCUT2D eigenvalue weighted by Crippen LogP contribution is 2.12. The molecule has 0 aliphatic rings. The number of hydrogen-bond donors (Lipinski definition) is 0. The Morgan fingerprint density at radius 1 is 1.06 bits per heavy atom. The second kappa shape index (κ2) is 9.19. The van der Waals surface area contributed by atoms with Crippen LogP contribution < -0.4 is 0 Å². The van der Waals surface area contributed by atoms with Gasteiger partial charge in [-0.2, -0.15) is 0 Å². The molecule has 0 heterocycles. The summed E-state index contributed by atoms with van der Waals surface area (Å²) in [7, 11) is 1.29. The molecule has 0 fully saturated rings. The molecule has 0 radical (unpaired) electrons. The third-order valence-electron chi connectivity index (χ3n) is 2.36. The van der Waals surface area contributed by atoms with Gasteiger partial charge in [0.25, 0.3) is 0 Å². The molecule has 1 atom stereocenters. The Labute approximate surface area is 97.3 Å². The highest BCUT2D eigenvalue weighted by molar-refractivity contribution is 5.94. The Balaban J connectivity index is 4.15. The lowest BCUT2D eigenvalue weighted by molar-refractivity contribution is -0.161. The number of hydrogen-bond acceptors (Lipinski definition) is 4. The van der Waals surface area contributed by atoms with E-state index in [0.717, 1.165) is 25.7 Å². The first-order valence-corrected chi connectivity index (χ1v) is 5.91. The van der Waals surface area contributed by atoms with Crippen molar-refractivity contribution in [2.75, 3.05) is 13.7 Å². The molecule has 1 unspecified atom stereocenters. The van der Waals surface area contributed by atoms with Crippen LogP contribution in [0.1, 0.15) is 46.0 Å². The van der Waals surface area contributed by atoms with Gasteiger partial charge in [0.05, 0.1) is 13.7 Å². The summed E-state index contributed by atoms with van der Waals surface area (Å²) in [6, 6.07) is 0. The lowest BCUT2D eigenvalue weighted by atomic mass is 10.0. The van der Waals surface area contributed by atoms with Gasteiger partial charge in [-0.15, -0.1) is 0 Å². The molecule has 0 saturated carbocycles. The lowest BCUT2D eigenvalue weighted by Crippen LogP contribution is -2.27. The van der Waals surface area contributed by atoms with E-state index in [-0.39, 0.29) is 0 Å². The number of esters is 2. The first-order chi connectivity index (χ1) is 7.67. The van der Waals surface area contributed by atoms with E-state index in [1.807, 2.05) is 13.8 Å². The van der Waals surface area contributed by atoms with Crippen molar-refractivity contribution in [3.8, 4) is 0 Å². The fraction of sp³-hybridized carbons (Fsp3) is 0.833. The second-order valence-corrected chi connectivity index (χ2v) is 3.74. The molecule has 0 rings (SSSR count). The quantitative estimate of drug-likeness (QED) is 0.365. The SMILES string of the molecule is CCCCOC(=O)C(CCCC)C(=O)OC. The van der Waals surface area contributed by atoms with Gasteiger partial charge in [-0.1, -0.05) is 33.1 Å². The fourth-order valence-corrected chi connectivity index (χ4v) is 1.30. The maximum atomic E-state index is 11.6. The highest BCUT2D eigenvalue weighted by Gasteiger charge is 2.28. The van der Waals surface area contributed by atoms with E-state index in [4.69, 9.17) is 4.74 Å². The van der Waals surface area contributed by atoms with Gasteiger partial charge < -0.3 is 9.47 Å². The summed E-state index contributed by atoms with van der Waals surface area (Å²) in [4.78, 5) is 23.0. The predicted octanol–water partition coefficient (Wildman–Crippen LogP) is 2.31. The molecule has 0 bridgehead atoms. The van der Waals surface area contributed by atoms with Gasteiger partial charge in [0.2, 0.25) is 0 Å². The van der Waals surface area contributed by atoms with Crippen LogP contribution in [0.3, 0.4) is 0 Å². The predicted molar refractivity (Wildman–Crippen MR) is 60.9 cm³/mol. The minimum absolute atomic E-state index is 0.384. The van der Waals surface area contributed by atoms with Crippen molar-refractivity contribution in [1.82, 2.24) is 0 Å². The normalized spacial score (nSPS) is 11.9. The van der Waals surface area contributed by atoms with Crippen molar-refractivity contribution in [1.29, 1.82) is 0 Å². The first kappa shape index (κ1) is 14.9. The molecular weight excluding hydrogens is 208 g/mol. The van der Waals surface area contributed by atoms with Crippen LogP contribution in [0, 0.1) is 5.92 Å². The van der Waals surface area contributed by atoms with Crippen LogP contribution >= 0.6 is 0 Å². The van der Waals surface area contributed by atoms with Crippen molar-refractivity contribution in [2.24, 2.45) is 5.92 Å². The van der Waals surface area contributed by atoms with Crippen LogP contribution in [0.25, 0.3) is 0 Å². The van der Waals surface area contributed by atoms with Crippen molar-refractivity contribution in [3.63, 3.8) is 0 Å². The Hall–Kier alpha value is -1.06. The molecule has 0 aromatic carbocycles. The van der Waals surface area contributed by atoms with Gasteiger partial charge in [-0.3, -0.25) is 9.59 Å². The molecule has 0 aromatic heterocycles. The molecule has 0 aliphatic carbocycles. The molecule has 4 heteroatoms. The Morgan fingerprint density at radius 3 is 2.19 bits per heavy atom. The molecular formula is C12H22O4. The van der Waals surface area contributed by atoms with Gasteiger partial charge in [0.1, 0.15) is 0 Å². The number of methoxy groups -OCH3 is 1. The van der Waals surface area contributed by atoms with Crippen molar-refractivity contribution in [2.45, 2.75) is 46.0 Å². The second-order valence-electron chi connectivity index (χ2n) is 3.74. The monoisotopic (exact) mass is 230 g/mol. The molecule has 94 valence electrons. The first-order valence-electron chi connectivity index (χ1n) is 5.91. The van der Waals surface area contributed by atoms with Crippen molar-refractivity contribution in [3.05, 3.63) is 0 Å². The van der Waals surface area contributed by atoms with Crippen LogP contribution in [-0.4, -0.2) is 25.7 Å². The Bertz CT molecular complexity index is 213. The van der Waals surface area contributed by atoms with Crippen molar-refractivity contribution < 1.29 is 19.1 Å². The summed E-state index contributed by atoms with van der Waals surface area (Å²) in [5.41, 5.74) is 0. The number of unbranched alkanes of at least 4 members (excludes halogenated alkanes) is 2. The minimum atomic E-state index is -0.748. The fourth-order valence-electron chi connectivity index (χ4n) is 1.30. The zero-order chi connectivity index (χ0) is 12.4. The lowest BCUT2D eigenvalue weighted by Gasteiger charge is -2.13. The van der Waals surface area contributed by atoms with Crippen LogP contribution in [0.4, 0.5) is 0 Å². The molecule has 0 saturated heterocycles. The van der Waals surface area contributed by atoms with Gasteiger partial charge in [0.15, 0.2) is 5.92 Å². The van der Waals surface area contributed by atoms with E-state index in [1.165, 1.54) is 7.11 Å². The van der Waals surface area contributed by atoms with E-state index in [9.17, 15) is 9.59 Å². The third-order valence-corrected chi connectivity index (χ3v) is 2.36. The average molecular weight is 230 g/mol. The van der Waals surface area contributed by atoms with Crippen LogP contribution in [0.5, 0.6) is 0 Å². The third kappa shape index (κ3) is 5.73. The summed E-state index contributed by atoms with van der Waals surface area (Å²) in [5, 5.41) is 0. The number of carbonyl (C=O) groups excluding carboxylic acids is 2. The Morgan fingerprint density at radius 2 is 1.69 bits per heavy atom. The van der Waals surface area contributed by atoms with E-state index in [0.29, 0.717) is 13.0 Å². The van der Waals surface area contributed by atoms with Crippen LogP contribution in [0.15, 0.2) is 0 Å². The molecule has 0 aliphatic heterocycles. The zero-order valence-electron chi connectivity index (χ0n) is 10.5. The zero-order valence-corrected chi connectivity index (χ0v) is 10.5. The molecule has 0 spiro atoms. The average Bonchev–Trinajstić information content (AvgIpc) is 2.29. The minimum Gasteiger partial charge on any atom is -0.468 e. The van der Waals surface area contributed by atoms with Gasteiger partial charge in [-0.05, 0) is 12.8 Å². The number of rotatable bonds is 8. The molecule has 0 amide bonds. The van der Waals surface area contributed by atoms with E-state index >= 15 is 0 Å². The molecule has 16 heavy (non-hydrogen) atoms.